The minimum atomic E-state index is -0.0400. The fourth-order valence-electron chi connectivity index (χ4n) is 1.54. The van der Waals surface area contributed by atoms with Gasteiger partial charge in [-0.25, -0.2) is 4.68 Å². The van der Waals surface area contributed by atoms with Gasteiger partial charge in [0.2, 0.25) is 0 Å². The smallest absolute Gasteiger partial charge is 0.0891 e. The van der Waals surface area contributed by atoms with Crippen molar-refractivity contribution < 1.29 is 0 Å². The molecule has 3 nitrogen and oxygen atoms in total. The molecule has 2 rings (SSSR count). The fourth-order valence-corrected chi connectivity index (χ4v) is 1.54. The zero-order chi connectivity index (χ0) is 10.9. The normalized spacial score (nSPS) is 11.7. The summed E-state index contributed by atoms with van der Waals surface area (Å²) in [5.74, 6) is 0. The highest BCUT2D eigenvalue weighted by Gasteiger charge is 2.18. The van der Waals surface area contributed by atoms with Crippen LogP contribution in [0.25, 0.3) is 11.3 Å². The Hall–Kier alpha value is -1.64. The SMILES string of the molecule is CC(C)(C)n1nncc1-c1ccccc1. The molecule has 0 N–H and O–H groups in total. The molecule has 0 saturated carbocycles. The molecule has 0 aliphatic carbocycles. The van der Waals surface area contributed by atoms with Crippen molar-refractivity contribution in [2.45, 2.75) is 26.3 Å². The van der Waals surface area contributed by atoms with Gasteiger partial charge in [0.25, 0.3) is 0 Å². The molecule has 1 aromatic heterocycles. The largest absolute Gasteiger partial charge is 0.239 e. The molecule has 0 radical (unpaired) electrons. The van der Waals surface area contributed by atoms with Crippen molar-refractivity contribution in [2.75, 3.05) is 0 Å². The second kappa shape index (κ2) is 3.50. The van der Waals surface area contributed by atoms with Crippen molar-refractivity contribution in [3.8, 4) is 11.3 Å². The summed E-state index contributed by atoms with van der Waals surface area (Å²) in [5, 5.41) is 8.11. The molecule has 0 spiro atoms. The van der Waals surface area contributed by atoms with Crippen LogP contribution in [-0.4, -0.2) is 15.0 Å². The lowest BCUT2D eigenvalue weighted by molar-refractivity contribution is 0.351. The van der Waals surface area contributed by atoms with Crippen LogP contribution in [0.3, 0.4) is 0 Å². The van der Waals surface area contributed by atoms with E-state index in [1.54, 1.807) is 6.20 Å². The van der Waals surface area contributed by atoms with E-state index in [9.17, 15) is 0 Å². The van der Waals surface area contributed by atoms with E-state index in [2.05, 4.69) is 43.2 Å². The second-order valence-electron chi connectivity index (χ2n) is 4.57. The molecule has 0 saturated heterocycles. The minimum Gasteiger partial charge on any atom is -0.239 e. The highest BCUT2D eigenvalue weighted by molar-refractivity contribution is 5.58. The summed E-state index contributed by atoms with van der Waals surface area (Å²) < 4.78 is 1.95. The van der Waals surface area contributed by atoms with Gasteiger partial charge < -0.3 is 0 Å². The Balaban J connectivity index is 2.51. The molecule has 0 aliphatic heterocycles. The summed E-state index contributed by atoms with van der Waals surface area (Å²) in [6.45, 7) is 6.36. The molecule has 2 aromatic rings. The number of aromatic nitrogens is 3. The van der Waals surface area contributed by atoms with E-state index >= 15 is 0 Å². The Morgan fingerprint density at radius 1 is 1.07 bits per heavy atom. The van der Waals surface area contributed by atoms with Gasteiger partial charge in [-0.1, -0.05) is 35.5 Å². The molecular formula is C12H15N3. The third kappa shape index (κ3) is 1.91. The van der Waals surface area contributed by atoms with Gasteiger partial charge in [0.1, 0.15) is 0 Å². The Bertz CT molecular complexity index is 437. The van der Waals surface area contributed by atoms with Crippen molar-refractivity contribution in [3.05, 3.63) is 36.5 Å². The first-order chi connectivity index (χ1) is 7.09. The molecule has 1 heterocycles. The van der Waals surface area contributed by atoms with E-state index in [1.807, 2.05) is 22.9 Å². The summed E-state index contributed by atoms with van der Waals surface area (Å²) in [6.07, 6.45) is 1.81. The minimum absolute atomic E-state index is 0.0400. The van der Waals surface area contributed by atoms with Gasteiger partial charge in [-0.05, 0) is 20.8 Å². The van der Waals surface area contributed by atoms with Crippen LogP contribution in [0.1, 0.15) is 20.8 Å². The molecular weight excluding hydrogens is 186 g/mol. The zero-order valence-electron chi connectivity index (χ0n) is 9.31. The summed E-state index contributed by atoms with van der Waals surface area (Å²) in [7, 11) is 0. The fraction of sp³-hybridized carbons (Fsp3) is 0.333. The van der Waals surface area contributed by atoms with Crippen LogP contribution in [0.5, 0.6) is 0 Å². The monoisotopic (exact) mass is 201 g/mol. The third-order valence-electron chi connectivity index (χ3n) is 2.25. The van der Waals surface area contributed by atoms with Crippen LogP contribution in [0.15, 0.2) is 36.5 Å². The van der Waals surface area contributed by atoms with E-state index in [1.165, 1.54) is 0 Å². The highest BCUT2D eigenvalue weighted by Crippen LogP contribution is 2.23. The maximum absolute atomic E-state index is 4.13. The van der Waals surface area contributed by atoms with E-state index in [-0.39, 0.29) is 5.54 Å². The first-order valence-corrected chi connectivity index (χ1v) is 5.05. The molecule has 0 atom stereocenters. The quantitative estimate of drug-likeness (QED) is 0.710. The van der Waals surface area contributed by atoms with Gasteiger partial charge in [-0.2, -0.15) is 0 Å². The van der Waals surface area contributed by atoms with Gasteiger partial charge in [-0.15, -0.1) is 5.10 Å². The summed E-state index contributed by atoms with van der Waals surface area (Å²) in [5.41, 5.74) is 2.17. The number of rotatable bonds is 1. The average Bonchev–Trinajstić information content (AvgIpc) is 2.67. The van der Waals surface area contributed by atoms with Crippen molar-refractivity contribution in [1.29, 1.82) is 0 Å². The topological polar surface area (TPSA) is 30.7 Å². The second-order valence-corrected chi connectivity index (χ2v) is 4.57. The molecule has 0 amide bonds. The lowest BCUT2D eigenvalue weighted by Gasteiger charge is -2.21. The van der Waals surface area contributed by atoms with Gasteiger partial charge in [0, 0.05) is 5.56 Å². The van der Waals surface area contributed by atoms with Crippen LogP contribution in [0, 0.1) is 0 Å². The van der Waals surface area contributed by atoms with Crippen LogP contribution < -0.4 is 0 Å². The first kappa shape index (κ1) is 9.90. The van der Waals surface area contributed by atoms with E-state index in [0.29, 0.717) is 0 Å². The Labute approximate surface area is 89.7 Å². The number of hydrogen-bond donors (Lipinski definition) is 0. The molecule has 0 unspecified atom stereocenters. The molecule has 78 valence electrons. The predicted octanol–water partition coefficient (Wildman–Crippen LogP) is 2.70. The first-order valence-electron chi connectivity index (χ1n) is 5.05. The zero-order valence-corrected chi connectivity index (χ0v) is 9.31. The molecule has 3 heteroatoms. The lowest BCUT2D eigenvalue weighted by Crippen LogP contribution is -2.24. The third-order valence-corrected chi connectivity index (χ3v) is 2.25. The average molecular weight is 201 g/mol. The highest BCUT2D eigenvalue weighted by atomic mass is 15.4. The maximum atomic E-state index is 4.13. The summed E-state index contributed by atoms with van der Waals surface area (Å²) >= 11 is 0. The number of benzene rings is 1. The number of nitrogens with zero attached hydrogens (tertiary/aromatic N) is 3. The van der Waals surface area contributed by atoms with Crippen molar-refractivity contribution in [2.24, 2.45) is 0 Å². The van der Waals surface area contributed by atoms with Crippen LogP contribution in [0.4, 0.5) is 0 Å². The summed E-state index contributed by atoms with van der Waals surface area (Å²) in [6, 6.07) is 10.2. The van der Waals surface area contributed by atoms with Crippen LogP contribution in [0.2, 0.25) is 0 Å². The van der Waals surface area contributed by atoms with Gasteiger partial charge >= 0.3 is 0 Å². The van der Waals surface area contributed by atoms with Gasteiger partial charge in [-0.3, -0.25) is 0 Å². The Kier molecular flexibility index (Phi) is 2.31. The maximum Gasteiger partial charge on any atom is 0.0891 e. The number of hydrogen-bond acceptors (Lipinski definition) is 2. The lowest BCUT2D eigenvalue weighted by atomic mass is 10.1. The van der Waals surface area contributed by atoms with Crippen molar-refractivity contribution >= 4 is 0 Å². The predicted molar refractivity (Wildman–Crippen MR) is 60.5 cm³/mol. The molecule has 1 aromatic carbocycles. The standard InChI is InChI=1S/C12H15N3/c1-12(2,3)15-11(9-13-14-15)10-7-5-4-6-8-10/h4-9H,1-3H3. The van der Waals surface area contributed by atoms with Crippen LogP contribution in [-0.2, 0) is 5.54 Å². The van der Waals surface area contributed by atoms with E-state index < -0.39 is 0 Å². The van der Waals surface area contributed by atoms with E-state index in [0.717, 1.165) is 11.3 Å². The molecule has 0 bridgehead atoms. The molecule has 0 aliphatic rings. The van der Waals surface area contributed by atoms with Crippen molar-refractivity contribution in [3.63, 3.8) is 0 Å². The Morgan fingerprint density at radius 2 is 1.73 bits per heavy atom. The Morgan fingerprint density at radius 3 is 2.33 bits per heavy atom. The van der Waals surface area contributed by atoms with Crippen molar-refractivity contribution in [1.82, 2.24) is 15.0 Å². The van der Waals surface area contributed by atoms with Gasteiger partial charge in [0.15, 0.2) is 0 Å². The van der Waals surface area contributed by atoms with Gasteiger partial charge in [0.05, 0.1) is 17.4 Å². The van der Waals surface area contributed by atoms with E-state index in [4.69, 9.17) is 0 Å². The van der Waals surface area contributed by atoms with Crippen LogP contribution >= 0.6 is 0 Å². The molecule has 15 heavy (non-hydrogen) atoms. The molecule has 0 fully saturated rings. The summed E-state index contributed by atoms with van der Waals surface area (Å²) in [4.78, 5) is 0.